The summed E-state index contributed by atoms with van der Waals surface area (Å²) in [5, 5.41) is 0. The normalized spacial score (nSPS) is 12.8. The van der Waals surface area contributed by atoms with Crippen LogP contribution in [0.4, 0.5) is 0 Å². The molecule has 0 saturated heterocycles. The molecular weight excluding hydrogens is 275 g/mol. The monoisotopic (exact) mass is 282 g/mol. The summed E-state index contributed by atoms with van der Waals surface area (Å²) in [6.45, 7) is 0. The predicted octanol–water partition coefficient (Wildman–Crippen LogP) is -1.51. The van der Waals surface area contributed by atoms with Gasteiger partial charge < -0.3 is 0 Å². The average molecular weight is 282 g/mol. The summed E-state index contributed by atoms with van der Waals surface area (Å²) in [4.78, 5) is -0.398. The van der Waals surface area contributed by atoms with E-state index in [-0.39, 0.29) is 4.35 Å². The maximum absolute atomic E-state index is 10.7. The molecule has 6 nitrogen and oxygen atoms in total. The predicted molar refractivity (Wildman–Crippen MR) is 46.8 cm³/mol. The van der Waals surface area contributed by atoms with Crippen LogP contribution < -0.4 is 4.35 Å². The first-order valence-electron chi connectivity index (χ1n) is 3.35. The molecule has 3 N–H and O–H groups in total. The summed E-state index contributed by atoms with van der Waals surface area (Å²) in [5.74, 6) is 0. The Bertz CT molecular complexity index is 470. The standard InChI is InChI=1S/C6H7AsO6S/c8-7(9,10)5-1-3-6(4-2-5)14(11,12)13/h1-4H,(H2,8,9,10)(H,11,12,13). The third-order valence-electron chi connectivity index (χ3n) is 1.47. The first-order chi connectivity index (χ1) is 6.21. The van der Waals surface area contributed by atoms with Crippen LogP contribution >= 0.6 is 0 Å². The van der Waals surface area contributed by atoms with Crippen LogP contribution in [0.25, 0.3) is 0 Å². The van der Waals surface area contributed by atoms with Gasteiger partial charge in [-0.1, -0.05) is 0 Å². The summed E-state index contributed by atoms with van der Waals surface area (Å²) in [6, 6.07) is 3.82. The van der Waals surface area contributed by atoms with Crippen LogP contribution in [0.5, 0.6) is 0 Å². The van der Waals surface area contributed by atoms with Crippen molar-refractivity contribution in [2.24, 2.45) is 0 Å². The van der Waals surface area contributed by atoms with Gasteiger partial charge in [-0.2, -0.15) is 0 Å². The van der Waals surface area contributed by atoms with Crippen molar-refractivity contribution in [2.45, 2.75) is 4.90 Å². The molecule has 0 unspecified atom stereocenters. The van der Waals surface area contributed by atoms with Gasteiger partial charge in [0.25, 0.3) is 0 Å². The van der Waals surface area contributed by atoms with Gasteiger partial charge in [-0.3, -0.25) is 0 Å². The quantitative estimate of drug-likeness (QED) is 0.449. The molecule has 0 aliphatic heterocycles. The Morgan fingerprint density at radius 2 is 1.50 bits per heavy atom. The number of benzene rings is 1. The Balaban J connectivity index is 3.21. The average Bonchev–Trinajstić information content (AvgIpc) is 2.01. The summed E-state index contributed by atoms with van der Waals surface area (Å²) in [6.07, 6.45) is 0. The summed E-state index contributed by atoms with van der Waals surface area (Å²) in [7, 11) is -4.31. The van der Waals surface area contributed by atoms with Gasteiger partial charge >= 0.3 is 82.7 Å². The van der Waals surface area contributed by atoms with Gasteiger partial charge in [-0.15, -0.1) is 0 Å². The van der Waals surface area contributed by atoms with Gasteiger partial charge in [0.2, 0.25) is 0 Å². The molecule has 0 aliphatic rings. The van der Waals surface area contributed by atoms with E-state index in [0.717, 1.165) is 24.3 Å². The van der Waals surface area contributed by atoms with E-state index in [1.54, 1.807) is 0 Å². The molecule has 0 aliphatic carbocycles. The van der Waals surface area contributed by atoms with E-state index in [4.69, 9.17) is 12.7 Å². The fourth-order valence-electron chi connectivity index (χ4n) is 0.812. The van der Waals surface area contributed by atoms with Crippen molar-refractivity contribution in [1.82, 2.24) is 0 Å². The molecule has 0 aromatic heterocycles. The maximum atomic E-state index is 10.7. The number of hydrogen-bond acceptors (Lipinski definition) is 3. The van der Waals surface area contributed by atoms with Crippen molar-refractivity contribution in [3.8, 4) is 0 Å². The molecule has 0 bridgehead atoms. The molecule has 1 aromatic rings. The zero-order valence-corrected chi connectivity index (χ0v) is 9.42. The minimum absolute atomic E-state index is 0.240. The van der Waals surface area contributed by atoms with Crippen molar-refractivity contribution in [1.29, 1.82) is 0 Å². The molecule has 0 spiro atoms. The van der Waals surface area contributed by atoms with Crippen LogP contribution in [0.15, 0.2) is 29.2 Å². The number of hydrogen-bond donors (Lipinski definition) is 3. The van der Waals surface area contributed by atoms with Gasteiger partial charge in [-0.25, -0.2) is 0 Å². The Kier molecular flexibility index (Phi) is 2.89. The SMILES string of the molecule is O=S(=O)(O)c1ccc([As](=O)(O)O)cc1. The van der Waals surface area contributed by atoms with Gasteiger partial charge in [0.1, 0.15) is 0 Å². The zero-order chi connectivity index (χ0) is 11.0. The third-order valence-corrected chi connectivity index (χ3v) is 4.38. The van der Waals surface area contributed by atoms with Gasteiger partial charge in [0.05, 0.1) is 0 Å². The van der Waals surface area contributed by atoms with E-state index in [9.17, 15) is 12.2 Å². The van der Waals surface area contributed by atoms with Crippen LogP contribution in [-0.4, -0.2) is 35.3 Å². The molecule has 0 amide bonds. The third kappa shape index (κ3) is 2.70. The molecule has 1 rings (SSSR count). The molecule has 0 atom stereocenters. The Labute approximate surface area is 82.9 Å². The van der Waals surface area contributed by atoms with E-state index in [1.165, 1.54) is 0 Å². The van der Waals surface area contributed by atoms with E-state index in [2.05, 4.69) is 0 Å². The van der Waals surface area contributed by atoms with Crippen molar-refractivity contribution < 1.29 is 24.9 Å². The Morgan fingerprint density at radius 1 is 1.07 bits per heavy atom. The van der Waals surface area contributed by atoms with Crippen LogP contribution in [0.3, 0.4) is 0 Å². The van der Waals surface area contributed by atoms with E-state index in [1.807, 2.05) is 0 Å². The zero-order valence-electron chi connectivity index (χ0n) is 6.73. The van der Waals surface area contributed by atoms with Gasteiger partial charge in [0, 0.05) is 0 Å². The van der Waals surface area contributed by atoms with Crippen LogP contribution in [0.2, 0.25) is 0 Å². The van der Waals surface area contributed by atoms with Gasteiger partial charge in [0.15, 0.2) is 0 Å². The molecule has 0 saturated carbocycles. The Hall–Kier alpha value is -0.592. The summed E-state index contributed by atoms with van der Waals surface area (Å²) in [5.41, 5.74) is 0. The molecule has 78 valence electrons. The molecule has 14 heavy (non-hydrogen) atoms. The first kappa shape index (κ1) is 11.5. The molecule has 0 heterocycles. The summed E-state index contributed by atoms with van der Waals surface area (Å²) >= 11 is -4.97. The van der Waals surface area contributed by atoms with Crippen LogP contribution in [0.1, 0.15) is 0 Å². The number of rotatable bonds is 2. The second-order valence-electron chi connectivity index (χ2n) is 2.51. The van der Waals surface area contributed by atoms with Crippen LogP contribution in [-0.2, 0) is 13.9 Å². The van der Waals surface area contributed by atoms with Crippen molar-refractivity contribution in [3.63, 3.8) is 0 Å². The second-order valence-corrected chi connectivity index (χ2v) is 7.30. The topological polar surface area (TPSA) is 112 Å². The fraction of sp³-hybridized carbons (Fsp3) is 0. The van der Waals surface area contributed by atoms with E-state index in [0.29, 0.717) is 0 Å². The minimum atomic E-state index is -4.97. The van der Waals surface area contributed by atoms with Crippen LogP contribution in [0, 0.1) is 0 Å². The van der Waals surface area contributed by atoms with E-state index >= 15 is 0 Å². The first-order valence-corrected chi connectivity index (χ1v) is 8.17. The van der Waals surface area contributed by atoms with Crippen molar-refractivity contribution in [3.05, 3.63) is 24.3 Å². The summed E-state index contributed by atoms with van der Waals surface area (Å²) < 4.78 is 57.7. The second kappa shape index (κ2) is 3.52. The molecular formula is C6H7AsO6S. The Morgan fingerprint density at radius 3 is 1.79 bits per heavy atom. The van der Waals surface area contributed by atoms with Gasteiger partial charge in [-0.05, 0) is 0 Å². The molecule has 8 heteroatoms. The van der Waals surface area contributed by atoms with E-state index < -0.39 is 29.2 Å². The molecule has 0 radical (unpaired) electrons. The van der Waals surface area contributed by atoms with Crippen molar-refractivity contribution >= 4 is 28.6 Å². The molecule has 0 fully saturated rings. The molecule has 1 aromatic carbocycles. The fourth-order valence-corrected chi connectivity index (χ4v) is 2.42. The van der Waals surface area contributed by atoms with Crippen molar-refractivity contribution in [2.75, 3.05) is 0 Å².